The molecule has 1 aliphatic heterocycles. The van der Waals surface area contributed by atoms with Gasteiger partial charge in [0.1, 0.15) is 12.0 Å². The van der Waals surface area contributed by atoms with Crippen LogP contribution in [-0.4, -0.2) is 16.2 Å². The second-order valence-electron chi connectivity index (χ2n) is 14.1. The highest BCUT2D eigenvalue weighted by atomic mass is 15.2. The van der Waals surface area contributed by atoms with Crippen LogP contribution in [0.4, 0.5) is 0 Å². The fourth-order valence-electron chi connectivity index (χ4n) is 7.91. The maximum Gasteiger partial charge on any atom is 0.159 e. The first-order chi connectivity index (χ1) is 25.9. The van der Waals surface area contributed by atoms with Gasteiger partial charge in [0.05, 0.1) is 11.0 Å². The van der Waals surface area contributed by atoms with Crippen LogP contribution >= 0.6 is 0 Å². The normalized spacial score (nSPS) is 14.2. The molecule has 4 heteroatoms. The van der Waals surface area contributed by atoms with E-state index in [1.54, 1.807) is 0 Å². The lowest BCUT2D eigenvalue weighted by atomic mass is 9.84. The lowest BCUT2D eigenvalue weighted by molar-refractivity contribution is 0.674. The van der Waals surface area contributed by atoms with Crippen LogP contribution in [0.2, 0.25) is 0 Å². The van der Waals surface area contributed by atoms with Crippen LogP contribution in [0.3, 0.4) is 0 Å². The highest BCUT2D eigenvalue weighted by Gasteiger charge is 2.22. The van der Waals surface area contributed by atoms with E-state index in [0.29, 0.717) is 0 Å². The third-order valence-electron chi connectivity index (χ3n) is 10.6. The summed E-state index contributed by atoms with van der Waals surface area (Å²) in [5.41, 5.74) is 16.9. The second kappa shape index (κ2) is 13.2. The van der Waals surface area contributed by atoms with Crippen molar-refractivity contribution in [1.82, 2.24) is 9.88 Å². The molecule has 4 nitrogen and oxygen atoms in total. The number of aryl methyl sites for hydroxylation is 4. The first-order valence-electron chi connectivity index (χ1n) is 18.3. The van der Waals surface area contributed by atoms with Crippen molar-refractivity contribution in [1.29, 1.82) is 0 Å². The van der Waals surface area contributed by atoms with Crippen LogP contribution in [0.25, 0.3) is 49.7 Å². The van der Waals surface area contributed by atoms with Gasteiger partial charge in [0.2, 0.25) is 0 Å². The molecular formula is C49H40N4. The molecule has 0 saturated heterocycles. The van der Waals surface area contributed by atoms with Gasteiger partial charge < -0.3 is 9.88 Å². The summed E-state index contributed by atoms with van der Waals surface area (Å²) in [5.74, 6) is 1.53. The highest BCUT2D eigenvalue weighted by Crippen LogP contribution is 2.43. The number of para-hydroxylation sites is 1. The van der Waals surface area contributed by atoms with E-state index in [1.807, 2.05) is 24.3 Å². The maximum atomic E-state index is 5.04. The molecule has 2 heterocycles. The first-order valence-corrected chi connectivity index (χ1v) is 18.3. The molecule has 7 aromatic carbocycles. The van der Waals surface area contributed by atoms with Crippen molar-refractivity contribution in [2.75, 3.05) is 0 Å². The molecule has 256 valence electrons. The Morgan fingerprint density at radius 1 is 0.491 bits per heavy atom. The maximum absolute atomic E-state index is 5.04. The van der Waals surface area contributed by atoms with Gasteiger partial charge in [0, 0.05) is 27.6 Å². The standard InChI is InChI=1S/C49H40N4/c1-31-15-11-12-20-39(31)45-32(2)23-24-33(3)46(45)41-30-42-40-21-13-14-22-43(40)53(44(42)29-34(41)4)38-27-25-37(26-28-38)49-51-47(35-16-7-5-8-17-35)50-48(52-49)36-18-9-6-10-19-36/h5-30,47H,1-4H3,(H,50,51,52). The number of aliphatic imine (C=N–C) groups is 2. The average molecular weight is 685 g/mol. The third-order valence-corrected chi connectivity index (χ3v) is 10.6. The van der Waals surface area contributed by atoms with E-state index >= 15 is 0 Å². The Kier molecular flexibility index (Phi) is 8.08. The quantitative estimate of drug-likeness (QED) is 0.186. The van der Waals surface area contributed by atoms with Crippen molar-refractivity contribution in [3.8, 4) is 27.9 Å². The zero-order chi connectivity index (χ0) is 36.1. The number of hydrogen-bond donors (Lipinski definition) is 1. The molecule has 1 unspecified atom stereocenters. The molecule has 0 amide bonds. The summed E-state index contributed by atoms with van der Waals surface area (Å²) < 4.78 is 2.40. The number of hydrogen-bond acceptors (Lipinski definition) is 3. The lowest BCUT2D eigenvalue weighted by Crippen LogP contribution is -2.33. The largest absolute Gasteiger partial charge is 0.344 e. The fraction of sp³-hybridized carbons (Fsp3) is 0.102. The van der Waals surface area contributed by atoms with Crippen LogP contribution in [0.15, 0.2) is 168 Å². The molecule has 8 aromatic rings. The van der Waals surface area contributed by atoms with E-state index in [1.165, 1.54) is 66.3 Å². The predicted molar refractivity (Wildman–Crippen MR) is 222 cm³/mol. The molecule has 1 aliphatic rings. The van der Waals surface area contributed by atoms with Gasteiger partial charge in [-0.15, -0.1) is 0 Å². The molecule has 1 aromatic heterocycles. The zero-order valence-electron chi connectivity index (χ0n) is 30.4. The van der Waals surface area contributed by atoms with Crippen molar-refractivity contribution < 1.29 is 0 Å². The highest BCUT2D eigenvalue weighted by molar-refractivity contribution is 6.14. The molecule has 0 fully saturated rings. The number of rotatable bonds is 6. The van der Waals surface area contributed by atoms with Crippen molar-refractivity contribution >= 4 is 33.5 Å². The van der Waals surface area contributed by atoms with Gasteiger partial charge in [-0.3, -0.25) is 0 Å². The summed E-state index contributed by atoms with van der Waals surface area (Å²) >= 11 is 0. The second-order valence-corrected chi connectivity index (χ2v) is 14.1. The van der Waals surface area contributed by atoms with Gasteiger partial charge in [0.25, 0.3) is 0 Å². The number of nitrogens with one attached hydrogen (secondary N) is 1. The average Bonchev–Trinajstić information content (AvgIpc) is 3.52. The number of fused-ring (bicyclic) bond motifs is 3. The third kappa shape index (κ3) is 5.73. The minimum atomic E-state index is -0.239. The van der Waals surface area contributed by atoms with Crippen molar-refractivity contribution in [3.63, 3.8) is 0 Å². The smallest absolute Gasteiger partial charge is 0.159 e. The van der Waals surface area contributed by atoms with E-state index < -0.39 is 0 Å². The topological polar surface area (TPSA) is 41.7 Å². The lowest BCUT2D eigenvalue weighted by Gasteiger charge is -2.23. The monoisotopic (exact) mass is 684 g/mol. The Morgan fingerprint density at radius 2 is 1.13 bits per heavy atom. The summed E-state index contributed by atoms with van der Waals surface area (Å²) in [7, 11) is 0. The first kappa shape index (κ1) is 32.4. The summed E-state index contributed by atoms with van der Waals surface area (Å²) in [5, 5.41) is 6.10. The molecule has 0 bridgehead atoms. The van der Waals surface area contributed by atoms with Gasteiger partial charge in [-0.1, -0.05) is 115 Å². The summed E-state index contributed by atoms with van der Waals surface area (Å²) in [6.07, 6.45) is -0.239. The Labute approximate surface area is 310 Å². The van der Waals surface area contributed by atoms with Gasteiger partial charge in [-0.05, 0) is 120 Å². The predicted octanol–water partition coefficient (Wildman–Crippen LogP) is 11.8. The molecule has 1 atom stereocenters. The van der Waals surface area contributed by atoms with E-state index in [0.717, 1.165) is 34.0 Å². The molecule has 1 N–H and O–H groups in total. The molecule has 0 saturated carbocycles. The summed E-state index contributed by atoms with van der Waals surface area (Å²) in [6, 6.07) is 56.2. The van der Waals surface area contributed by atoms with E-state index in [9.17, 15) is 0 Å². The molecule has 0 radical (unpaired) electrons. The minimum absolute atomic E-state index is 0.239. The van der Waals surface area contributed by atoms with E-state index in [4.69, 9.17) is 9.98 Å². The van der Waals surface area contributed by atoms with Crippen molar-refractivity contribution in [2.24, 2.45) is 9.98 Å². The van der Waals surface area contributed by atoms with Crippen LogP contribution in [0, 0.1) is 27.7 Å². The van der Waals surface area contributed by atoms with Gasteiger partial charge in [-0.25, -0.2) is 9.98 Å². The Hall–Kier alpha value is -6.52. The SMILES string of the molecule is Cc1ccccc1-c1c(C)ccc(C)c1-c1cc2c3ccccc3n(-c3ccc(C4=NC(c5ccccc5)=NC(c5ccccc5)N4)cc3)c2cc1C. The summed E-state index contributed by atoms with van der Waals surface area (Å²) in [4.78, 5) is 10.0. The number of nitrogens with zero attached hydrogens (tertiary/aromatic N) is 3. The Bertz CT molecular complexity index is 2720. The number of amidine groups is 2. The van der Waals surface area contributed by atoms with Crippen molar-refractivity contribution in [3.05, 3.63) is 197 Å². The van der Waals surface area contributed by atoms with Crippen LogP contribution in [0.1, 0.15) is 45.1 Å². The Morgan fingerprint density at radius 3 is 1.87 bits per heavy atom. The van der Waals surface area contributed by atoms with E-state index in [2.05, 4.69) is 171 Å². The number of aromatic nitrogens is 1. The van der Waals surface area contributed by atoms with Crippen LogP contribution in [-0.2, 0) is 0 Å². The summed E-state index contributed by atoms with van der Waals surface area (Å²) in [6.45, 7) is 8.95. The number of benzene rings is 7. The van der Waals surface area contributed by atoms with E-state index in [-0.39, 0.29) is 6.17 Å². The molecule has 9 rings (SSSR count). The molecular weight excluding hydrogens is 645 g/mol. The molecule has 53 heavy (non-hydrogen) atoms. The van der Waals surface area contributed by atoms with Crippen LogP contribution in [0.5, 0.6) is 0 Å². The van der Waals surface area contributed by atoms with Gasteiger partial charge in [-0.2, -0.15) is 0 Å². The zero-order valence-corrected chi connectivity index (χ0v) is 30.4. The molecule has 0 spiro atoms. The molecule has 0 aliphatic carbocycles. The van der Waals surface area contributed by atoms with Crippen LogP contribution < -0.4 is 5.32 Å². The van der Waals surface area contributed by atoms with Gasteiger partial charge >= 0.3 is 0 Å². The van der Waals surface area contributed by atoms with Crippen molar-refractivity contribution in [2.45, 2.75) is 33.9 Å². The minimum Gasteiger partial charge on any atom is -0.344 e. The van der Waals surface area contributed by atoms with Gasteiger partial charge in [0.15, 0.2) is 5.84 Å². The fourth-order valence-corrected chi connectivity index (χ4v) is 7.91. The Balaban J connectivity index is 1.16.